The van der Waals surface area contributed by atoms with E-state index in [2.05, 4.69) is 6.07 Å². The van der Waals surface area contributed by atoms with Crippen LogP contribution in [0.25, 0.3) is 0 Å². The molecule has 1 atom stereocenters. The summed E-state index contributed by atoms with van der Waals surface area (Å²) in [5.41, 5.74) is 0.891. The minimum Gasteiger partial charge on any atom is -0.477 e. The molecule has 5 nitrogen and oxygen atoms in total. The standard InChI is InChI=1S/C16H19N3O2/c17-8-11-19-12-15(16(20)18-9-4-1-5-10-18)21-14-7-3-2-6-13(14)19/h2-3,6-7,15H,1,4-5,9-12H2. The van der Waals surface area contributed by atoms with Crippen molar-refractivity contribution in [2.24, 2.45) is 0 Å². The average Bonchev–Trinajstić information content (AvgIpc) is 2.55. The van der Waals surface area contributed by atoms with E-state index in [1.165, 1.54) is 6.42 Å². The van der Waals surface area contributed by atoms with Gasteiger partial charge < -0.3 is 14.5 Å². The molecule has 0 spiro atoms. The average molecular weight is 285 g/mol. The second-order valence-corrected chi connectivity index (χ2v) is 5.50. The van der Waals surface area contributed by atoms with E-state index in [1.54, 1.807) is 0 Å². The Morgan fingerprint density at radius 2 is 2.05 bits per heavy atom. The summed E-state index contributed by atoms with van der Waals surface area (Å²) in [5.74, 6) is 0.738. The summed E-state index contributed by atoms with van der Waals surface area (Å²) in [6.07, 6.45) is 2.82. The van der Waals surface area contributed by atoms with Gasteiger partial charge in [0.1, 0.15) is 12.3 Å². The minimum absolute atomic E-state index is 0.0483. The van der Waals surface area contributed by atoms with Gasteiger partial charge in [0.15, 0.2) is 6.10 Å². The van der Waals surface area contributed by atoms with Crippen molar-refractivity contribution in [1.82, 2.24) is 4.90 Å². The number of ether oxygens (including phenoxy) is 1. The second kappa shape index (κ2) is 6.04. The van der Waals surface area contributed by atoms with Crippen molar-refractivity contribution in [3.05, 3.63) is 24.3 Å². The summed E-state index contributed by atoms with van der Waals surface area (Å²) in [4.78, 5) is 16.4. The molecule has 0 bridgehead atoms. The Morgan fingerprint density at radius 3 is 2.81 bits per heavy atom. The fourth-order valence-corrected chi connectivity index (χ4v) is 2.99. The van der Waals surface area contributed by atoms with Crippen LogP contribution in [-0.2, 0) is 4.79 Å². The molecule has 0 saturated carbocycles. The molecule has 2 heterocycles. The zero-order chi connectivity index (χ0) is 14.7. The maximum Gasteiger partial charge on any atom is 0.265 e. The maximum absolute atomic E-state index is 12.6. The predicted molar refractivity (Wildman–Crippen MR) is 79.1 cm³/mol. The van der Waals surface area contributed by atoms with E-state index in [0.717, 1.165) is 31.6 Å². The molecule has 1 unspecified atom stereocenters. The minimum atomic E-state index is -0.508. The molecule has 0 aromatic heterocycles. The highest BCUT2D eigenvalue weighted by Gasteiger charge is 2.33. The van der Waals surface area contributed by atoms with E-state index in [-0.39, 0.29) is 12.5 Å². The van der Waals surface area contributed by atoms with E-state index >= 15 is 0 Å². The van der Waals surface area contributed by atoms with E-state index in [1.807, 2.05) is 34.1 Å². The number of anilines is 1. The maximum atomic E-state index is 12.6. The molecule has 0 aliphatic carbocycles. The molecule has 0 N–H and O–H groups in total. The van der Waals surface area contributed by atoms with Gasteiger partial charge in [-0.25, -0.2) is 0 Å². The Hall–Kier alpha value is -2.22. The number of amides is 1. The predicted octanol–water partition coefficient (Wildman–Crippen LogP) is 1.79. The Bertz CT molecular complexity index is 561. The van der Waals surface area contributed by atoms with Crippen LogP contribution in [-0.4, -0.2) is 43.1 Å². The van der Waals surface area contributed by atoms with Crippen molar-refractivity contribution in [2.45, 2.75) is 25.4 Å². The molecule has 3 rings (SSSR count). The van der Waals surface area contributed by atoms with E-state index < -0.39 is 6.10 Å². The molecule has 0 radical (unpaired) electrons. The molecule has 1 amide bonds. The fraction of sp³-hybridized carbons (Fsp3) is 0.500. The van der Waals surface area contributed by atoms with Gasteiger partial charge in [0.2, 0.25) is 0 Å². The first kappa shape index (κ1) is 13.7. The van der Waals surface area contributed by atoms with Gasteiger partial charge in [0.25, 0.3) is 5.91 Å². The molecule has 2 aliphatic rings. The van der Waals surface area contributed by atoms with Gasteiger partial charge in [-0.05, 0) is 31.4 Å². The number of nitrogens with zero attached hydrogens (tertiary/aromatic N) is 3. The summed E-state index contributed by atoms with van der Waals surface area (Å²) in [5, 5.41) is 8.99. The van der Waals surface area contributed by atoms with Crippen LogP contribution in [0, 0.1) is 11.3 Å². The van der Waals surface area contributed by atoms with Crippen LogP contribution in [0.3, 0.4) is 0 Å². The zero-order valence-corrected chi connectivity index (χ0v) is 12.0. The van der Waals surface area contributed by atoms with Gasteiger partial charge >= 0.3 is 0 Å². The van der Waals surface area contributed by atoms with E-state index in [4.69, 9.17) is 10.00 Å². The van der Waals surface area contributed by atoms with Crippen LogP contribution in [0.15, 0.2) is 24.3 Å². The van der Waals surface area contributed by atoms with Crippen molar-refractivity contribution in [3.63, 3.8) is 0 Å². The number of hydrogen-bond donors (Lipinski definition) is 0. The molecular weight excluding hydrogens is 266 g/mol. The van der Waals surface area contributed by atoms with E-state index in [9.17, 15) is 4.79 Å². The third-order valence-corrected chi connectivity index (χ3v) is 4.07. The Morgan fingerprint density at radius 1 is 1.29 bits per heavy atom. The number of carbonyl (C=O) groups is 1. The second-order valence-electron chi connectivity index (χ2n) is 5.50. The first-order chi connectivity index (χ1) is 10.3. The SMILES string of the molecule is N#CCN1CC(C(=O)N2CCCCC2)Oc2ccccc21. The zero-order valence-electron chi connectivity index (χ0n) is 12.0. The van der Waals surface area contributed by atoms with Crippen molar-refractivity contribution in [2.75, 3.05) is 31.1 Å². The quantitative estimate of drug-likeness (QED) is 0.777. The summed E-state index contributed by atoms with van der Waals surface area (Å²) < 4.78 is 5.88. The summed E-state index contributed by atoms with van der Waals surface area (Å²) in [6, 6.07) is 9.75. The molecule has 1 aromatic rings. The third-order valence-electron chi connectivity index (χ3n) is 4.07. The topological polar surface area (TPSA) is 56.6 Å². The highest BCUT2D eigenvalue weighted by Crippen LogP contribution is 2.33. The summed E-state index contributed by atoms with van der Waals surface area (Å²) in [6.45, 7) is 2.35. The first-order valence-corrected chi connectivity index (χ1v) is 7.46. The summed E-state index contributed by atoms with van der Waals surface area (Å²) >= 11 is 0. The monoisotopic (exact) mass is 285 g/mol. The lowest BCUT2D eigenvalue weighted by atomic mass is 10.1. The van der Waals surface area contributed by atoms with Crippen LogP contribution in [0.5, 0.6) is 5.75 Å². The van der Waals surface area contributed by atoms with Gasteiger partial charge in [0.05, 0.1) is 18.3 Å². The number of likely N-dealkylation sites (tertiary alicyclic amines) is 1. The Kier molecular flexibility index (Phi) is 3.96. The molecule has 1 aromatic carbocycles. The lowest BCUT2D eigenvalue weighted by Gasteiger charge is -2.37. The van der Waals surface area contributed by atoms with Gasteiger partial charge in [-0.3, -0.25) is 4.79 Å². The third kappa shape index (κ3) is 2.80. The number of fused-ring (bicyclic) bond motifs is 1. The van der Waals surface area contributed by atoms with Gasteiger partial charge in [-0.15, -0.1) is 0 Å². The number of nitriles is 1. The normalized spacial score (nSPS) is 21.2. The van der Waals surface area contributed by atoms with Crippen LogP contribution in [0.4, 0.5) is 5.69 Å². The van der Waals surface area contributed by atoms with Gasteiger partial charge in [-0.2, -0.15) is 5.26 Å². The Balaban J connectivity index is 1.79. The molecule has 5 heteroatoms. The highest BCUT2D eigenvalue weighted by molar-refractivity contribution is 5.83. The van der Waals surface area contributed by atoms with Crippen LogP contribution < -0.4 is 9.64 Å². The first-order valence-electron chi connectivity index (χ1n) is 7.46. The van der Waals surface area contributed by atoms with E-state index in [0.29, 0.717) is 12.3 Å². The molecule has 110 valence electrons. The Labute approximate surface area is 124 Å². The number of benzene rings is 1. The lowest BCUT2D eigenvalue weighted by Crippen LogP contribution is -2.51. The van der Waals surface area contributed by atoms with Crippen molar-refractivity contribution < 1.29 is 9.53 Å². The van der Waals surface area contributed by atoms with Crippen molar-refractivity contribution in [3.8, 4) is 11.8 Å². The van der Waals surface area contributed by atoms with Crippen LogP contribution in [0.2, 0.25) is 0 Å². The number of rotatable bonds is 2. The molecular formula is C16H19N3O2. The number of hydrogen-bond acceptors (Lipinski definition) is 4. The van der Waals surface area contributed by atoms with Crippen molar-refractivity contribution in [1.29, 1.82) is 5.26 Å². The van der Waals surface area contributed by atoms with Crippen LogP contribution >= 0.6 is 0 Å². The van der Waals surface area contributed by atoms with Crippen LogP contribution in [0.1, 0.15) is 19.3 Å². The number of para-hydroxylation sites is 2. The number of carbonyl (C=O) groups excluding carboxylic acids is 1. The highest BCUT2D eigenvalue weighted by atomic mass is 16.5. The largest absolute Gasteiger partial charge is 0.477 e. The number of piperidine rings is 1. The van der Waals surface area contributed by atoms with Crippen molar-refractivity contribution >= 4 is 11.6 Å². The van der Waals surface area contributed by atoms with Gasteiger partial charge in [-0.1, -0.05) is 12.1 Å². The smallest absolute Gasteiger partial charge is 0.265 e. The fourth-order valence-electron chi connectivity index (χ4n) is 2.99. The lowest BCUT2D eigenvalue weighted by molar-refractivity contribution is -0.139. The molecule has 2 aliphatic heterocycles. The van der Waals surface area contributed by atoms with Gasteiger partial charge in [0, 0.05) is 13.1 Å². The molecule has 1 fully saturated rings. The molecule has 1 saturated heterocycles. The summed E-state index contributed by atoms with van der Waals surface area (Å²) in [7, 11) is 0. The molecule has 21 heavy (non-hydrogen) atoms.